The number of hydrogen-bond donors (Lipinski definition) is 7. The Kier molecular flexibility index (Phi) is 17.6. The molecule has 0 aliphatic carbocycles. The van der Waals surface area contributed by atoms with Crippen molar-refractivity contribution in [3.8, 4) is 0 Å². The van der Waals surface area contributed by atoms with Crippen molar-refractivity contribution in [3.05, 3.63) is 0 Å². The zero-order valence-electron chi connectivity index (χ0n) is 26.7. The Morgan fingerprint density at radius 3 is 1.62 bits per heavy atom. The van der Waals surface area contributed by atoms with Crippen LogP contribution < -0.4 is 32.3 Å². The first-order chi connectivity index (χ1) is 19.4. The summed E-state index contributed by atoms with van der Waals surface area (Å²) < 4.78 is 0. The molecular formula is C29H54N6O7. The molecule has 6 unspecified atom stereocenters. The molecule has 242 valence electrons. The number of carbonyl (C=O) groups is 6. The lowest BCUT2D eigenvalue weighted by Crippen LogP contribution is -2.58. The van der Waals surface area contributed by atoms with Crippen molar-refractivity contribution in [2.45, 2.75) is 118 Å². The van der Waals surface area contributed by atoms with Crippen LogP contribution in [0.5, 0.6) is 0 Å². The van der Waals surface area contributed by atoms with Gasteiger partial charge >= 0.3 is 5.97 Å². The van der Waals surface area contributed by atoms with Gasteiger partial charge in [0.2, 0.25) is 29.5 Å². The minimum Gasteiger partial charge on any atom is -0.480 e. The molecule has 0 bridgehead atoms. The number of carbonyl (C=O) groups excluding carboxylic acids is 5. The highest BCUT2D eigenvalue weighted by Crippen LogP contribution is 2.11. The first-order valence-corrected chi connectivity index (χ1v) is 14.9. The summed E-state index contributed by atoms with van der Waals surface area (Å²) in [7, 11) is 0. The molecule has 13 nitrogen and oxygen atoms in total. The summed E-state index contributed by atoms with van der Waals surface area (Å²) in [5.74, 6) is -4.09. The zero-order chi connectivity index (χ0) is 32.7. The van der Waals surface area contributed by atoms with E-state index < -0.39 is 72.3 Å². The molecule has 0 rings (SSSR count). The molecule has 0 aromatic rings. The maximum Gasteiger partial charge on any atom is 0.326 e. The van der Waals surface area contributed by atoms with Crippen molar-refractivity contribution in [2.24, 2.45) is 29.4 Å². The number of aliphatic carboxylic acids is 1. The lowest BCUT2D eigenvalue weighted by atomic mass is 9.96. The summed E-state index contributed by atoms with van der Waals surface area (Å²) in [6.07, 6.45) is 1.56. The molecule has 5 amide bonds. The van der Waals surface area contributed by atoms with E-state index in [-0.39, 0.29) is 30.1 Å². The highest BCUT2D eigenvalue weighted by molar-refractivity contribution is 5.95. The van der Waals surface area contributed by atoms with Gasteiger partial charge < -0.3 is 37.4 Å². The van der Waals surface area contributed by atoms with Crippen LogP contribution in [0.2, 0.25) is 0 Å². The number of carboxylic acid groups (broad SMARTS) is 1. The second-order valence-corrected chi connectivity index (χ2v) is 12.3. The van der Waals surface area contributed by atoms with E-state index in [1.165, 1.54) is 6.92 Å². The lowest BCUT2D eigenvalue weighted by molar-refractivity contribution is -0.143. The predicted molar refractivity (Wildman–Crippen MR) is 160 cm³/mol. The fourth-order valence-corrected chi connectivity index (χ4v) is 4.18. The molecule has 0 aromatic carbocycles. The number of hydrogen-bond acceptors (Lipinski definition) is 7. The van der Waals surface area contributed by atoms with Crippen molar-refractivity contribution in [2.75, 3.05) is 6.54 Å². The maximum atomic E-state index is 12.9. The van der Waals surface area contributed by atoms with Crippen LogP contribution in [0.1, 0.15) is 88.0 Å². The average Bonchev–Trinajstić information content (AvgIpc) is 2.87. The summed E-state index contributed by atoms with van der Waals surface area (Å²) in [5.41, 5.74) is 5.94. The molecule has 0 fully saturated rings. The molecule has 13 heteroatoms. The van der Waals surface area contributed by atoms with Crippen LogP contribution in [0.3, 0.4) is 0 Å². The third-order valence-electron chi connectivity index (χ3n) is 6.71. The van der Waals surface area contributed by atoms with Gasteiger partial charge in [-0.25, -0.2) is 4.79 Å². The van der Waals surface area contributed by atoms with Crippen molar-refractivity contribution < 1.29 is 33.9 Å². The first-order valence-electron chi connectivity index (χ1n) is 14.9. The third kappa shape index (κ3) is 15.1. The van der Waals surface area contributed by atoms with Gasteiger partial charge in [0, 0.05) is 0 Å². The fourth-order valence-electron chi connectivity index (χ4n) is 4.18. The number of amides is 5. The number of carboxylic acids is 1. The largest absolute Gasteiger partial charge is 0.480 e. The molecule has 8 N–H and O–H groups in total. The van der Waals surface area contributed by atoms with E-state index in [4.69, 9.17) is 5.73 Å². The average molecular weight is 599 g/mol. The van der Waals surface area contributed by atoms with E-state index in [0.29, 0.717) is 19.3 Å². The monoisotopic (exact) mass is 598 g/mol. The summed E-state index contributed by atoms with van der Waals surface area (Å²) >= 11 is 0. The Hall–Kier alpha value is -3.22. The molecule has 0 aromatic heterocycles. The van der Waals surface area contributed by atoms with Gasteiger partial charge in [0.15, 0.2) is 0 Å². The highest BCUT2D eigenvalue weighted by atomic mass is 16.4. The van der Waals surface area contributed by atoms with Crippen molar-refractivity contribution in [1.82, 2.24) is 26.6 Å². The molecule has 0 aliphatic rings. The van der Waals surface area contributed by atoms with Gasteiger partial charge in [-0.1, -0.05) is 61.8 Å². The summed E-state index contributed by atoms with van der Waals surface area (Å²) in [5, 5.41) is 22.2. The van der Waals surface area contributed by atoms with Gasteiger partial charge in [-0.3, -0.25) is 24.0 Å². The number of nitrogens with two attached hydrogens (primary N) is 1. The Labute approximate surface area is 250 Å². The van der Waals surface area contributed by atoms with Crippen molar-refractivity contribution in [1.29, 1.82) is 0 Å². The molecule has 42 heavy (non-hydrogen) atoms. The minimum atomic E-state index is -1.16. The third-order valence-corrected chi connectivity index (χ3v) is 6.71. The summed E-state index contributed by atoms with van der Waals surface area (Å²) in [6, 6.07) is -4.82. The molecule has 0 heterocycles. The summed E-state index contributed by atoms with van der Waals surface area (Å²) in [4.78, 5) is 75.2. The van der Waals surface area contributed by atoms with E-state index in [9.17, 15) is 33.9 Å². The topological polar surface area (TPSA) is 209 Å². The van der Waals surface area contributed by atoms with Crippen molar-refractivity contribution >= 4 is 35.5 Å². The normalized spacial score (nSPS) is 15.6. The predicted octanol–water partition coefficient (Wildman–Crippen LogP) is 0.658. The smallest absolute Gasteiger partial charge is 0.326 e. The van der Waals surface area contributed by atoms with Crippen LogP contribution in [0.4, 0.5) is 0 Å². The Balaban J connectivity index is 5.20. The van der Waals surface area contributed by atoms with Gasteiger partial charge in [-0.15, -0.1) is 0 Å². The fraction of sp³-hybridized carbons (Fsp3) is 0.793. The minimum absolute atomic E-state index is 0.0261. The van der Waals surface area contributed by atoms with Crippen LogP contribution in [-0.2, 0) is 28.8 Å². The van der Waals surface area contributed by atoms with Gasteiger partial charge in [0.1, 0.15) is 24.2 Å². The lowest BCUT2D eigenvalue weighted by Gasteiger charge is -2.27. The van der Waals surface area contributed by atoms with E-state index in [0.717, 1.165) is 0 Å². The van der Waals surface area contributed by atoms with E-state index >= 15 is 0 Å². The maximum absolute atomic E-state index is 12.9. The van der Waals surface area contributed by atoms with Crippen molar-refractivity contribution in [3.63, 3.8) is 0 Å². The van der Waals surface area contributed by atoms with Crippen LogP contribution >= 0.6 is 0 Å². The van der Waals surface area contributed by atoms with E-state index in [1.54, 1.807) is 6.92 Å². The molecule has 0 saturated carbocycles. The standard InChI is InChI=1S/C29H54N6O7/c1-10-18(8)24(28(40)34-22(29(41)42)13-17(6)7)35-25(37)19(9)32-23(36)14-31-27(39)21(12-16(4)5)33-26(38)20(30)11-15(2)3/h15-22,24H,10-14,30H2,1-9H3,(H,31,39)(H,32,36)(H,33,38)(H,34,40)(H,35,37)(H,41,42). The second-order valence-electron chi connectivity index (χ2n) is 12.3. The van der Waals surface area contributed by atoms with E-state index in [2.05, 4.69) is 26.6 Å². The Morgan fingerprint density at radius 2 is 1.14 bits per heavy atom. The molecule has 6 atom stereocenters. The molecule has 0 radical (unpaired) electrons. The zero-order valence-corrected chi connectivity index (χ0v) is 26.7. The quantitative estimate of drug-likeness (QED) is 0.112. The van der Waals surface area contributed by atoms with Gasteiger partial charge in [0.05, 0.1) is 12.6 Å². The van der Waals surface area contributed by atoms with Crippen LogP contribution in [-0.4, -0.2) is 77.4 Å². The molecule has 0 aliphatic heterocycles. The first kappa shape index (κ1) is 38.8. The number of nitrogens with one attached hydrogen (secondary N) is 5. The van der Waals surface area contributed by atoms with Crippen LogP contribution in [0.15, 0.2) is 0 Å². The Bertz CT molecular complexity index is 924. The van der Waals surface area contributed by atoms with Crippen LogP contribution in [0.25, 0.3) is 0 Å². The van der Waals surface area contributed by atoms with Gasteiger partial charge in [-0.2, -0.15) is 0 Å². The van der Waals surface area contributed by atoms with Gasteiger partial charge in [-0.05, 0) is 49.9 Å². The van der Waals surface area contributed by atoms with E-state index in [1.807, 2.05) is 48.5 Å². The molecule has 0 saturated heterocycles. The Morgan fingerprint density at radius 1 is 0.643 bits per heavy atom. The second kappa shape index (κ2) is 19.1. The molecule has 0 spiro atoms. The van der Waals surface area contributed by atoms with Gasteiger partial charge in [0.25, 0.3) is 0 Å². The molecular weight excluding hydrogens is 544 g/mol. The van der Waals surface area contributed by atoms with Crippen LogP contribution in [0, 0.1) is 23.7 Å². The summed E-state index contributed by atoms with van der Waals surface area (Å²) in [6.45, 7) is 15.9. The number of rotatable bonds is 19. The SMILES string of the molecule is CCC(C)C(NC(=O)C(C)NC(=O)CNC(=O)C(CC(C)C)NC(=O)C(N)CC(C)C)C(=O)NC(CC(C)C)C(=O)O. The highest BCUT2D eigenvalue weighted by Gasteiger charge is 2.32.